The normalized spacial score (nSPS) is 22.7. The average Bonchev–Trinajstić information content (AvgIpc) is 2.58. The van der Waals surface area contributed by atoms with Crippen LogP contribution < -0.4 is 11.1 Å². The van der Waals surface area contributed by atoms with Gasteiger partial charge in [-0.25, -0.2) is 0 Å². The van der Waals surface area contributed by atoms with Crippen LogP contribution in [0.25, 0.3) is 0 Å². The van der Waals surface area contributed by atoms with Gasteiger partial charge in [-0.05, 0) is 42.4 Å². The molecule has 0 heterocycles. The second-order valence-corrected chi connectivity index (χ2v) is 6.17. The molecule has 17 heavy (non-hydrogen) atoms. The summed E-state index contributed by atoms with van der Waals surface area (Å²) >= 11 is 6.15. The summed E-state index contributed by atoms with van der Waals surface area (Å²) in [7, 11) is 0. The first-order chi connectivity index (χ1) is 8.00. The smallest absolute Gasteiger partial charge is 0.0471 e. The van der Waals surface area contributed by atoms with E-state index in [2.05, 4.69) is 25.2 Å². The second-order valence-electron chi connectivity index (χ2n) is 5.76. The summed E-state index contributed by atoms with van der Waals surface area (Å²) in [6.07, 6.45) is 3.76. The molecule has 1 aliphatic carbocycles. The summed E-state index contributed by atoms with van der Waals surface area (Å²) in [4.78, 5) is 0. The number of anilines is 1. The zero-order valence-corrected chi connectivity index (χ0v) is 11.3. The zero-order valence-electron chi connectivity index (χ0n) is 10.6. The maximum atomic E-state index is 6.15. The molecular formula is C14H21ClN2. The molecule has 1 aromatic carbocycles. The standard InChI is InChI=1S/C14H21ClN2/c1-14(2)6-5-12(8-14)17-11-4-3-10(9-16)13(15)7-11/h3-4,7,12,17H,5-6,8-9,16H2,1-2H3. The van der Waals surface area contributed by atoms with E-state index in [1.54, 1.807) is 0 Å². The first-order valence-corrected chi connectivity index (χ1v) is 6.63. The first kappa shape index (κ1) is 12.7. The van der Waals surface area contributed by atoms with Crippen molar-refractivity contribution in [2.24, 2.45) is 11.1 Å². The van der Waals surface area contributed by atoms with Crippen LogP contribution >= 0.6 is 11.6 Å². The van der Waals surface area contributed by atoms with Gasteiger partial charge in [-0.2, -0.15) is 0 Å². The van der Waals surface area contributed by atoms with E-state index in [1.165, 1.54) is 19.3 Å². The van der Waals surface area contributed by atoms with E-state index >= 15 is 0 Å². The second kappa shape index (κ2) is 4.87. The molecule has 1 unspecified atom stereocenters. The number of hydrogen-bond acceptors (Lipinski definition) is 2. The van der Waals surface area contributed by atoms with Crippen LogP contribution in [0.3, 0.4) is 0 Å². The van der Waals surface area contributed by atoms with Gasteiger partial charge < -0.3 is 11.1 Å². The molecule has 2 rings (SSSR count). The maximum Gasteiger partial charge on any atom is 0.0471 e. The topological polar surface area (TPSA) is 38.0 Å². The summed E-state index contributed by atoms with van der Waals surface area (Å²) in [6.45, 7) is 5.16. The Bertz CT molecular complexity index is 401. The van der Waals surface area contributed by atoms with Crippen LogP contribution in [0.2, 0.25) is 5.02 Å². The van der Waals surface area contributed by atoms with Crippen molar-refractivity contribution >= 4 is 17.3 Å². The average molecular weight is 253 g/mol. The summed E-state index contributed by atoms with van der Waals surface area (Å²) in [5.74, 6) is 0. The van der Waals surface area contributed by atoms with Gasteiger partial charge in [0.05, 0.1) is 0 Å². The lowest BCUT2D eigenvalue weighted by atomic mass is 9.92. The van der Waals surface area contributed by atoms with E-state index in [4.69, 9.17) is 17.3 Å². The largest absolute Gasteiger partial charge is 0.382 e. The fourth-order valence-electron chi connectivity index (χ4n) is 2.60. The Labute approximate surface area is 109 Å². The highest BCUT2D eigenvalue weighted by Gasteiger charge is 2.30. The van der Waals surface area contributed by atoms with E-state index in [-0.39, 0.29) is 0 Å². The van der Waals surface area contributed by atoms with Crippen molar-refractivity contribution in [3.8, 4) is 0 Å². The molecule has 94 valence electrons. The lowest BCUT2D eigenvalue weighted by Crippen LogP contribution is -2.17. The molecule has 1 atom stereocenters. The minimum Gasteiger partial charge on any atom is -0.382 e. The number of halogens is 1. The number of hydrogen-bond donors (Lipinski definition) is 2. The monoisotopic (exact) mass is 252 g/mol. The van der Waals surface area contributed by atoms with E-state index in [0.717, 1.165) is 16.3 Å². The minimum absolute atomic E-state index is 0.471. The number of nitrogens with two attached hydrogens (primary N) is 1. The molecule has 0 saturated heterocycles. The minimum atomic E-state index is 0.471. The molecule has 3 N–H and O–H groups in total. The van der Waals surface area contributed by atoms with Crippen LogP contribution in [0.4, 0.5) is 5.69 Å². The summed E-state index contributed by atoms with van der Waals surface area (Å²) in [5, 5.41) is 4.32. The Balaban J connectivity index is 2.02. The number of nitrogens with one attached hydrogen (secondary N) is 1. The van der Waals surface area contributed by atoms with E-state index in [9.17, 15) is 0 Å². The fourth-order valence-corrected chi connectivity index (χ4v) is 2.86. The molecule has 0 bridgehead atoms. The van der Waals surface area contributed by atoms with Crippen LogP contribution in [0.15, 0.2) is 18.2 Å². The van der Waals surface area contributed by atoms with Crippen molar-refractivity contribution in [3.63, 3.8) is 0 Å². The molecule has 1 aliphatic rings. The predicted molar refractivity (Wildman–Crippen MR) is 74.4 cm³/mol. The van der Waals surface area contributed by atoms with Crippen molar-refractivity contribution < 1.29 is 0 Å². The summed E-state index contributed by atoms with van der Waals surface area (Å²) in [5.41, 5.74) is 8.18. The van der Waals surface area contributed by atoms with Gasteiger partial charge in [0.2, 0.25) is 0 Å². The molecule has 1 saturated carbocycles. The van der Waals surface area contributed by atoms with Crippen LogP contribution in [0.1, 0.15) is 38.7 Å². The van der Waals surface area contributed by atoms with Crippen molar-refractivity contribution in [2.45, 2.75) is 45.7 Å². The van der Waals surface area contributed by atoms with Crippen molar-refractivity contribution in [2.75, 3.05) is 5.32 Å². The van der Waals surface area contributed by atoms with E-state index in [1.807, 2.05) is 12.1 Å². The quantitative estimate of drug-likeness (QED) is 0.859. The molecule has 3 heteroatoms. The fraction of sp³-hybridized carbons (Fsp3) is 0.571. The zero-order chi connectivity index (χ0) is 12.5. The Morgan fingerprint density at radius 2 is 2.24 bits per heavy atom. The number of rotatable bonds is 3. The van der Waals surface area contributed by atoms with Gasteiger partial charge in [0.15, 0.2) is 0 Å². The molecule has 2 nitrogen and oxygen atoms in total. The molecule has 0 amide bonds. The van der Waals surface area contributed by atoms with Gasteiger partial charge in [-0.3, -0.25) is 0 Å². The highest BCUT2D eigenvalue weighted by Crippen LogP contribution is 2.38. The molecule has 1 fully saturated rings. The Morgan fingerprint density at radius 1 is 1.47 bits per heavy atom. The highest BCUT2D eigenvalue weighted by atomic mass is 35.5. The summed E-state index contributed by atoms with van der Waals surface area (Å²) < 4.78 is 0. The van der Waals surface area contributed by atoms with E-state index < -0.39 is 0 Å². The van der Waals surface area contributed by atoms with Crippen molar-refractivity contribution in [3.05, 3.63) is 28.8 Å². The third-order valence-electron chi connectivity index (χ3n) is 3.61. The Morgan fingerprint density at radius 3 is 2.76 bits per heavy atom. The molecule has 0 aliphatic heterocycles. The van der Waals surface area contributed by atoms with Gasteiger partial charge in [0.25, 0.3) is 0 Å². The maximum absolute atomic E-state index is 6.15. The van der Waals surface area contributed by atoms with Crippen molar-refractivity contribution in [1.29, 1.82) is 0 Å². The molecule has 0 spiro atoms. The van der Waals surface area contributed by atoms with Crippen LogP contribution in [0, 0.1) is 5.41 Å². The van der Waals surface area contributed by atoms with Crippen LogP contribution in [0.5, 0.6) is 0 Å². The van der Waals surface area contributed by atoms with Crippen LogP contribution in [-0.2, 0) is 6.54 Å². The SMILES string of the molecule is CC1(C)CCC(Nc2ccc(CN)c(Cl)c2)C1. The van der Waals surface area contributed by atoms with E-state index in [0.29, 0.717) is 18.0 Å². The van der Waals surface area contributed by atoms with Gasteiger partial charge in [-0.15, -0.1) is 0 Å². The molecule has 0 radical (unpaired) electrons. The van der Waals surface area contributed by atoms with Gasteiger partial charge >= 0.3 is 0 Å². The molecule has 1 aromatic rings. The third-order valence-corrected chi connectivity index (χ3v) is 3.96. The van der Waals surface area contributed by atoms with Gasteiger partial charge in [0, 0.05) is 23.3 Å². The van der Waals surface area contributed by atoms with Crippen LogP contribution in [-0.4, -0.2) is 6.04 Å². The highest BCUT2D eigenvalue weighted by molar-refractivity contribution is 6.31. The Kier molecular flexibility index (Phi) is 3.64. The first-order valence-electron chi connectivity index (χ1n) is 6.25. The lowest BCUT2D eigenvalue weighted by Gasteiger charge is -2.19. The number of benzene rings is 1. The molecular weight excluding hydrogens is 232 g/mol. The third kappa shape index (κ3) is 3.14. The summed E-state index contributed by atoms with van der Waals surface area (Å²) in [6, 6.07) is 6.63. The van der Waals surface area contributed by atoms with Gasteiger partial charge in [-0.1, -0.05) is 31.5 Å². The van der Waals surface area contributed by atoms with Gasteiger partial charge in [0.1, 0.15) is 0 Å². The molecule has 0 aromatic heterocycles. The lowest BCUT2D eigenvalue weighted by molar-refractivity contribution is 0.378. The Hall–Kier alpha value is -0.730. The predicted octanol–water partition coefficient (Wildman–Crippen LogP) is 3.79. The van der Waals surface area contributed by atoms with Crippen molar-refractivity contribution in [1.82, 2.24) is 0 Å².